The molecule has 2 saturated heterocycles. The summed E-state index contributed by atoms with van der Waals surface area (Å²) in [5.41, 5.74) is 0. The number of hydrogen-bond donors (Lipinski definition) is 1. The molecule has 88 valence electrons. The van der Waals surface area contributed by atoms with E-state index in [4.69, 9.17) is 0 Å². The molecule has 1 N–H and O–H groups in total. The Morgan fingerprint density at radius 2 is 1.67 bits per heavy atom. The lowest BCUT2D eigenvalue weighted by Crippen LogP contribution is -2.51. The first-order chi connectivity index (χ1) is 6.93. The van der Waals surface area contributed by atoms with Gasteiger partial charge in [-0.3, -0.25) is 0 Å². The van der Waals surface area contributed by atoms with Crippen LogP contribution in [-0.2, 0) is 10.2 Å². The number of fused-ring (bicyclic) bond motifs is 2. The van der Waals surface area contributed by atoms with Crippen molar-refractivity contribution >= 4 is 10.2 Å². The predicted molar refractivity (Wildman–Crippen MR) is 56.5 cm³/mol. The zero-order valence-electron chi connectivity index (χ0n) is 9.13. The molecule has 2 fully saturated rings. The van der Waals surface area contributed by atoms with Crippen molar-refractivity contribution in [2.75, 3.05) is 14.1 Å². The summed E-state index contributed by atoms with van der Waals surface area (Å²) < 4.78 is 26.9. The Morgan fingerprint density at radius 3 is 2.07 bits per heavy atom. The van der Waals surface area contributed by atoms with Crippen LogP contribution in [-0.4, -0.2) is 54.4 Å². The summed E-state index contributed by atoms with van der Waals surface area (Å²) in [6.07, 6.45) is 2.62. The van der Waals surface area contributed by atoms with Crippen LogP contribution < -0.4 is 0 Å². The monoisotopic (exact) mass is 234 g/mol. The van der Waals surface area contributed by atoms with Gasteiger partial charge in [-0.1, -0.05) is 0 Å². The van der Waals surface area contributed by atoms with Crippen molar-refractivity contribution in [3.05, 3.63) is 0 Å². The molecule has 2 aliphatic rings. The molecule has 2 atom stereocenters. The summed E-state index contributed by atoms with van der Waals surface area (Å²) in [6.45, 7) is 0. The first kappa shape index (κ1) is 11.3. The van der Waals surface area contributed by atoms with Gasteiger partial charge in [0.1, 0.15) is 0 Å². The number of aliphatic hydroxyl groups excluding tert-OH is 1. The second-order valence-electron chi connectivity index (χ2n) is 4.63. The molecule has 0 aromatic carbocycles. The van der Waals surface area contributed by atoms with Crippen LogP contribution in [0.3, 0.4) is 0 Å². The summed E-state index contributed by atoms with van der Waals surface area (Å²) in [7, 11) is -0.193. The predicted octanol–water partition coefficient (Wildman–Crippen LogP) is -0.220. The molecule has 5 nitrogen and oxygen atoms in total. The summed E-state index contributed by atoms with van der Waals surface area (Å²) in [5, 5.41) is 9.58. The Morgan fingerprint density at radius 1 is 1.20 bits per heavy atom. The zero-order chi connectivity index (χ0) is 11.2. The summed E-state index contributed by atoms with van der Waals surface area (Å²) in [5.74, 6) is 0. The van der Waals surface area contributed by atoms with E-state index in [0.717, 1.165) is 12.8 Å². The van der Waals surface area contributed by atoms with E-state index in [9.17, 15) is 13.5 Å². The van der Waals surface area contributed by atoms with Crippen LogP contribution in [0.15, 0.2) is 0 Å². The van der Waals surface area contributed by atoms with Gasteiger partial charge in [0.05, 0.1) is 6.10 Å². The van der Waals surface area contributed by atoms with Crippen molar-refractivity contribution in [3.63, 3.8) is 0 Å². The standard InChI is InChI=1S/C9H18N2O3S/c1-10(2)15(13,14)11-7-3-4-8(11)6-9(12)5-7/h7-9,12H,3-6H2,1-2H3. The van der Waals surface area contributed by atoms with Crippen LogP contribution in [0, 0.1) is 0 Å². The van der Waals surface area contributed by atoms with Gasteiger partial charge < -0.3 is 5.11 Å². The minimum absolute atomic E-state index is 0.00569. The molecule has 0 spiro atoms. The van der Waals surface area contributed by atoms with Crippen molar-refractivity contribution < 1.29 is 13.5 Å². The van der Waals surface area contributed by atoms with Crippen LogP contribution in [0.4, 0.5) is 0 Å². The molecule has 0 aromatic rings. The smallest absolute Gasteiger partial charge is 0.281 e. The first-order valence-electron chi connectivity index (χ1n) is 5.32. The van der Waals surface area contributed by atoms with Crippen molar-refractivity contribution in [1.82, 2.24) is 8.61 Å². The lowest BCUT2D eigenvalue weighted by molar-refractivity contribution is 0.0746. The highest BCUT2D eigenvalue weighted by Crippen LogP contribution is 2.38. The summed E-state index contributed by atoms with van der Waals surface area (Å²) >= 11 is 0. The van der Waals surface area contributed by atoms with Crippen LogP contribution in [0.2, 0.25) is 0 Å². The third-order valence-electron chi connectivity index (χ3n) is 3.37. The number of nitrogens with zero attached hydrogens (tertiary/aromatic N) is 2. The van der Waals surface area contributed by atoms with Crippen molar-refractivity contribution in [3.8, 4) is 0 Å². The maximum absolute atomic E-state index is 12.0. The Labute approximate surface area is 90.9 Å². The van der Waals surface area contributed by atoms with Crippen LogP contribution in [0.1, 0.15) is 25.7 Å². The van der Waals surface area contributed by atoms with Crippen LogP contribution >= 0.6 is 0 Å². The van der Waals surface area contributed by atoms with E-state index in [1.807, 2.05) is 0 Å². The highest BCUT2D eigenvalue weighted by Gasteiger charge is 2.46. The van der Waals surface area contributed by atoms with Gasteiger partial charge in [-0.05, 0) is 25.7 Å². The molecule has 15 heavy (non-hydrogen) atoms. The van der Waals surface area contributed by atoms with Crippen molar-refractivity contribution in [2.24, 2.45) is 0 Å². The lowest BCUT2D eigenvalue weighted by Gasteiger charge is -2.37. The molecular weight excluding hydrogens is 216 g/mol. The molecule has 0 saturated carbocycles. The van der Waals surface area contributed by atoms with Crippen molar-refractivity contribution in [1.29, 1.82) is 0 Å². The number of piperidine rings is 1. The number of rotatable bonds is 2. The molecule has 2 heterocycles. The molecule has 0 aliphatic carbocycles. The second kappa shape index (κ2) is 3.69. The highest BCUT2D eigenvalue weighted by molar-refractivity contribution is 7.86. The van der Waals surface area contributed by atoms with Gasteiger partial charge in [-0.25, -0.2) is 0 Å². The SMILES string of the molecule is CN(C)S(=O)(=O)N1C2CCC1CC(O)C2. The minimum atomic E-state index is -3.30. The fourth-order valence-corrected chi connectivity index (χ4v) is 4.18. The molecule has 2 aliphatic heterocycles. The number of aliphatic hydroxyl groups is 1. The average molecular weight is 234 g/mol. The molecule has 0 aromatic heterocycles. The fourth-order valence-electron chi connectivity index (χ4n) is 2.67. The van der Waals surface area contributed by atoms with Gasteiger partial charge in [0.25, 0.3) is 10.2 Å². The molecule has 0 amide bonds. The highest BCUT2D eigenvalue weighted by atomic mass is 32.2. The normalized spacial score (nSPS) is 37.5. The van der Waals surface area contributed by atoms with Crippen LogP contribution in [0.5, 0.6) is 0 Å². The molecule has 6 heteroatoms. The van der Waals surface area contributed by atoms with Crippen LogP contribution in [0.25, 0.3) is 0 Å². The molecule has 0 radical (unpaired) electrons. The lowest BCUT2D eigenvalue weighted by atomic mass is 10.0. The molecular formula is C9H18N2O3S. The Kier molecular flexibility index (Phi) is 2.79. The van der Waals surface area contributed by atoms with E-state index in [1.165, 1.54) is 4.31 Å². The van der Waals surface area contributed by atoms with Gasteiger partial charge in [-0.2, -0.15) is 17.0 Å². The fraction of sp³-hybridized carbons (Fsp3) is 1.00. The Bertz CT molecular complexity index is 327. The second-order valence-corrected chi connectivity index (χ2v) is 6.68. The van der Waals surface area contributed by atoms with E-state index < -0.39 is 10.2 Å². The van der Waals surface area contributed by atoms with E-state index >= 15 is 0 Å². The van der Waals surface area contributed by atoms with E-state index in [1.54, 1.807) is 18.4 Å². The van der Waals surface area contributed by atoms with Gasteiger partial charge in [0, 0.05) is 26.2 Å². The van der Waals surface area contributed by atoms with E-state index in [0.29, 0.717) is 12.8 Å². The van der Waals surface area contributed by atoms with Gasteiger partial charge in [-0.15, -0.1) is 0 Å². The first-order valence-corrected chi connectivity index (χ1v) is 6.71. The largest absolute Gasteiger partial charge is 0.393 e. The van der Waals surface area contributed by atoms with Gasteiger partial charge in [0.15, 0.2) is 0 Å². The number of hydrogen-bond acceptors (Lipinski definition) is 3. The molecule has 2 unspecified atom stereocenters. The molecule has 2 rings (SSSR count). The van der Waals surface area contributed by atoms with Gasteiger partial charge in [0.2, 0.25) is 0 Å². The third-order valence-corrected chi connectivity index (χ3v) is 5.42. The van der Waals surface area contributed by atoms with Crippen molar-refractivity contribution in [2.45, 2.75) is 43.9 Å². The zero-order valence-corrected chi connectivity index (χ0v) is 9.94. The maximum Gasteiger partial charge on any atom is 0.281 e. The van der Waals surface area contributed by atoms with E-state index in [-0.39, 0.29) is 18.2 Å². The average Bonchev–Trinajstić information content (AvgIpc) is 2.39. The Hall–Kier alpha value is -0.170. The van der Waals surface area contributed by atoms with E-state index in [2.05, 4.69) is 0 Å². The summed E-state index contributed by atoms with van der Waals surface area (Å²) in [6, 6.07) is 0.0114. The topological polar surface area (TPSA) is 60.9 Å². The minimum Gasteiger partial charge on any atom is -0.393 e. The summed E-state index contributed by atoms with van der Waals surface area (Å²) in [4.78, 5) is 0. The maximum atomic E-state index is 12.0. The third kappa shape index (κ3) is 1.80. The quantitative estimate of drug-likeness (QED) is 0.718. The molecule has 2 bridgehead atoms. The van der Waals surface area contributed by atoms with Gasteiger partial charge >= 0.3 is 0 Å². The Balaban J connectivity index is 2.26.